The molecular formula is C31H29ClN4O7S. The van der Waals surface area contributed by atoms with Gasteiger partial charge in [0.15, 0.2) is 6.61 Å². The van der Waals surface area contributed by atoms with Crippen LogP contribution in [0.1, 0.15) is 5.56 Å². The lowest BCUT2D eigenvalue weighted by Gasteiger charge is -2.25. The highest BCUT2D eigenvalue weighted by Crippen LogP contribution is 2.35. The van der Waals surface area contributed by atoms with E-state index in [0.29, 0.717) is 27.8 Å². The molecule has 44 heavy (non-hydrogen) atoms. The zero-order valence-corrected chi connectivity index (χ0v) is 25.3. The van der Waals surface area contributed by atoms with Crippen LogP contribution in [0.15, 0.2) is 107 Å². The fourth-order valence-corrected chi connectivity index (χ4v) is 5.53. The number of methoxy groups -OCH3 is 2. The van der Waals surface area contributed by atoms with Crippen LogP contribution in [0.5, 0.6) is 17.2 Å². The fourth-order valence-electron chi connectivity index (χ4n) is 3.90. The van der Waals surface area contributed by atoms with E-state index in [1.807, 2.05) is 0 Å². The summed E-state index contributed by atoms with van der Waals surface area (Å²) in [5.74, 6) is -0.0302. The molecule has 0 heterocycles. The number of hydrazone groups is 1. The molecule has 0 aromatic heterocycles. The number of anilines is 2. The van der Waals surface area contributed by atoms with E-state index in [0.717, 1.165) is 4.31 Å². The number of carbonyl (C=O) groups is 2. The second-order valence-corrected chi connectivity index (χ2v) is 11.3. The minimum Gasteiger partial charge on any atom is -0.497 e. The lowest BCUT2D eigenvalue weighted by atomic mass is 10.2. The molecule has 0 fully saturated rings. The second-order valence-electron chi connectivity index (χ2n) is 9.04. The highest BCUT2D eigenvalue weighted by molar-refractivity contribution is 7.92. The molecule has 2 N–H and O–H groups in total. The van der Waals surface area contributed by atoms with Crippen LogP contribution in [-0.2, 0) is 19.6 Å². The zero-order chi connectivity index (χ0) is 31.5. The van der Waals surface area contributed by atoms with E-state index in [1.54, 1.807) is 78.9 Å². The molecular weight excluding hydrogens is 608 g/mol. The van der Waals surface area contributed by atoms with E-state index in [2.05, 4.69) is 15.8 Å². The molecule has 0 spiro atoms. The molecule has 0 aliphatic rings. The Balaban J connectivity index is 1.40. The predicted molar refractivity (Wildman–Crippen MR) is 168 cm³/mol. The van der Waals surface area contributed by atoms with Crippen LogP contribution in [-0.4, -0.2) is 53.8 Å². The maximum absolute atomic E-state index is 13.6. The maximum atomic E-state index is 13.6. The van der Waals surface area contributed by atoms with E-state index in [4.69, 9.17) is 25.8 Å². The number of benzene rings is 4. The van der Waals surface area contributed by atoms with Crippen molar-refractivity contribution in [2.75, 3.05) is 37.0 Å². The van der Waals surface area contributed by atoms with Crippen LogP contribution in [0.25, 0.3) is 0 Å². The lowest BCUT2D eigenvalue weighted by Crippen LogP contribution is -2.39. The van der Waals surface area contributed by atoms with Crippen LogP contribution < -0.4 is 29.3 Å². The number of sulfonamides is 1. The minimum absolute atomic E-state index is 0.00942. The topological polar surface area (TPSA) is 136 Å². The Morgan fingerprint density at radius 3 is 2.23 bits per heavy atom. The largest absolute Gasteiger partial charge is 0.497 e. The van der Waals surface area contributed by atoms with Crippen molar-refractivity contribution >= 4 is 51.0 Å². The number of para-hydroxylation sites is 1. The number of rotatable bonds is 13. The van der Waals surface area contributed by atoms with Crippen molar-refractivity contribution in [1.82, 2.24) is 5.43 Å². The molecule has 2 amide bonds. The lowest BCUT2D eigenvalue weighted by molar-refractivity contribution is -0.119. The summed E-state index contributed by atoms with van der Waals surface area (Å²) in [5, 5.41) is 7.05. The van der Waals surface area contributed by atoms with Crippen molar-refractivity contribution in [3.8, 4) is 17.2 Å². The Morgan fingerprint density at radius 2 is 1.55 bits per heavy atom. The van der Waals surface area contributed by atoms with Gasteiger partial charge < -0.3 is 19.5 Å². The number of hydrogen-bond acceptors (Lipinski definition) is 8. The molecule has 4 aromatic carbocycles. The first-order chi connectivity index (χ1) is 21.2. The number of carbonyl (C=O) groups excluding carboxylic acids is 2. The highest BCUT2D eigenvalue weighted by Gasteiger charge is 2.29. The van der Waals surface area contributed by atoms with E-state index in [1.165, 1.54) is 38.6 Å². The Hall–Kier alpha value is -5.07. The fraction of sp³-hybridized carbons (Fsp3) is 0.129. The molecule has 0 bridgehead atoms. The van der Waals surface area contributed by atoms with Gasteiger partial charge in [0.1, 0.15) is 23.8 Å². The summed E-state index contributed by atoms with van der Waals surface area (Å²) in [5.41, 5.74) is 3.58. The summed E-state index contributed by atoms with van der Waals surface area (Å²) in [6, 6.07) is 25.8. The van der Waals surface area contributed by atoms with Crippen molar-refractivity contribution in [3.63, 3.8) is 0 Å². The first-order valence-corrected chi connectivity index (χ1v) is 14.9. The van der Waals surface area contributed by atoms with E-state index < -0.39 is 22.5 Å². The van der Waals surface area contributed by atoms with Crippen LogP contribution in [0.4, 0.5) is 11.4 Å². The summed E-state index contributed by atoms with van der Waals surface area (Å²) in [6.45, 7) is -0.823. The van der Waals surface area contributed by atoms with E-state index in [-0.39, 0.29) is 28.8 Å². The molecule has 0 atom stereocenters. The van der Waals surface area contributed by atoms with Gasteiger partial charge in [-0.05, 0) is 66.2 Å². The maximum Gasteiger partial charge on any atom is 0.264 e. The van der Waals surface area contributed by atoms with Crippen LogP contribution in [0.3, 0.4) is 0 Å². The first-order valence-electron chi connectivity index (χ1n) is 13.1. The van der Waals surface area contributed by atoms with Gasteiger partial charge >= 0.3 is 0 Å². The second kappa shape index (κ2) is 14.9. The number of hydrogen-bond donors (Lipinski definition) is 2. The molecule has 4 rings (SSSR count). The van der Waals surface area contributed by atoms with Gasteiger partial charge in [-0.25, -0.2) is 13.8 Å². The Labute approximate surface area is 260 Å². The van der Waals surface area contributed by atoms with Gasteiger partial charge in [-0.15, -0.1) is 0 Å². The third-order valence-corrected chi connectivity index (χ3v) is 8.18. The molecule has 4 aromatic rings. The number of ether oxygens (including phenoxy) is 3. The van der Waals surface area contributed by atoms with Crippen molar-refractivity contribution in [2.24, 2.45) is 5.10 Å². The van der Waals surface area contributed by atoms with E-state index in [9.17, 15) is 18.0 Å². The summed E-state index contributed by atoms with van der Waals surface area (Å²) in [6.07, 6.45) is 1.38. The molecule has 0 saturated carbocycles. The average molecular weight is 637 g/mol. The standard InChI is InChI=1S/C31H29ClN4O7S/c1-41-24-16-17-29(42-2)28(18-24)36(44(39,40)25-8-4-3-5-9-25)20-30(37)35-33-19-22-12-14-23(15-13-22)43-21-31(38)34-27-11-7-6-10-26(27)32/h3-19H,20-21H2,1-2H3,(H,34,38)(H,35,37)/b33-19+. The van der Waals surface area contributed by atoms with Crippen LogP contribution in [0, 0.1) is 0 Å². The van der Waals surface area contributed by atoms with Gasteiger partial charge in [0.2, 0.25) is 0 Å². The quantitative estimate of drug-likeness (QED) is 0.160. The molecule has 0 aliphatic carbocycles. The third kappa shape index (κ3) is 8.27. The van der Waals surface area contributed by atoms with Crippen molar-refractivity contribution in [1.29, 1.82) is 0 Å². The normalized spacial score (nSPS) is 11.1. The molecule has 0 aliphatic heterocycles. The van der Waals surface area contributed by atoms with Gasteiger partial charge in [-0.1, -0.05) is 41.9 Å². The summed E-state index contributed by atoms with van der Waals surface area (Å²) in [7, 11) is -1.34. The van der Waals surface area contributed by atoms with Crippen molar-refractivity contribution in [2.45, 2.75) is 4.90 Å². The molecule has 228 valence electrons. The van der Waals surface area contributed by atoms with Gasteiger partial charge in [-0.2, -0.15) is 5.10 Å². The number of nitrogens with one attached hydrogen (secondary N) is 2. The minimum atomic E-state index is -4.18. The van der Waals surface area contributed by atoms with Gasteiger partial charge in [0.25, 0.3) is 21.8 Å². The Kier molecular flexibility index (Phi) is 10.8. The molecule has 0 radical (unpaired) electrons. The molecule has 0 saturated heterocycles. The monoisotopic (exact) mass is 636 g/mol. The summed E-state index contributed by atoms with van der Waals surface area (Å²) in [4.78, 5) is 25.1. The first kappa shape index (κ1) is 31.9. The van der Waals surface area contributed by atoms with Gasteiger partial charge in [-0.3, -0.25) is 13.9 Å². The third-order valence-electron chi connectivity index (χ3n) is 6.07. The average Bonchev–Trinajstić information content (AvgIpc) is 3.04. The smallest absolute Gasteiger partial charge is 0.264 e. The molecule has 13 heteroatoms. The zero-order valence-electron chi connectivity index (χ0n) is 23.8. The number of amides is 2. The van der Waals surface area contributed by atoms with Crippen LogP contribution >= 0.6 is 11.6 Å². The van der Waals surface area contributed by atoms with Crippen molar-refractivity contribution < 1.29 is 32.2 Å². The SMILES string of the molecule is COc1ccc(OC)c(N(CC(=O)N/N=C/c2ccc(OCC(=O)Nc3ccccc3Cl)cc2)S(=O)(=O)c2ccccc2)c1. The Morgan fingerprint density at radius 1 is 0.864 bits per heavy atom. The van der Waals surface area contributed by atoms with Gasteiger partial charge in [0, 0.05) is 6.07 Å². The Bertz CT molecular complexity index is 1730. The highest BCUT2D eigenvalue weighted by atomic mass is 35.5. The summed E-state index contributed by atoms with van der Waals surface area (Å²) >= 11 is 6.05. The molecule has 11 nitrogen and oxygen atoms in total. The van der Waals surface area contributed by atoms with E-state index >= 15 is 0 Å². The van der Waals surface area contributed by atoms with Crippen LogP contribution in [0.2, 0.25) is 5.02 Å². The number of nitrogens with zero attached hydrogens (tertiary/aromatic N) is 2. The molecule has 0 unspecified atom stereocenters. The van der Waals surface area contributed by atoms with Gasteiger partial charge in [0.05, 0.1) is 41.7 Å². The van der Waals surface area contributed by atoms with Crippen molar-refractivity contribution in [3.05, 3.63) is 108 Å². The summed E-state index contributed by atoms with van der Waals surface area (Å²) < 4.78 is 44.4. The number of halogens is 1. The predicted octanol–water partition coefficient (Wildman–Crippen LogP) is 4.72.